The van der Waals surface area contributed by atoms with E-state index in [4.69, 9.17) is 4.74 Å². The Hall–Kier alpha value is -5.50. The zero-order valence-electron chi connectivity index (χ0n) is 20.1. The SMILES string of the molecule is COc1ccc(C(=O)Nc2cnn3c2C(=O)N(c2ccc(C(=O)c4ccc(=O)[nH]c4)cc2)CC3)cc1C#N. The number of carbonyl (C=O) groups is 3. The van der Waals surface area contributed by atoms with Gasteiger partial charge in [-0.15, -0.1) is 0 Å². The third kappa shape index (κ3) is 4.42. The summed E-state index contributed by atoms with van der Waals surface area (Å²) in [5.41, 5.74) is 1.91. The molecule has 11 heteroatoms. The molecule has 1 aliphatic heterocycles. The van der Waals surface area contributed by atoms with Crippen LogP contribution >= 0.6 is 0 Å². The van der Waals surface area contributed by atoms with Gasteiger partial charge in [0.05, 0.1) is 31.1 Å². The summed E-state index contributed by atoms with van der Waals surface area (Å²) >= 11 is 0. The summed E-state index contributed by atoms with van der Waals surface area (Å²) in [6, 6.07) is 15.7. The van der Waals surface area contributed by atoms with Crippen LogP contribution in [0.1, 0.15) is 42.3 Å². The lowest BCUT2D eigenvalue weighted by atomic mass is 10.0. The van der Waals surface area contributed by atoms with Crippen molar-refractivity contribution in [3.63, 3.8) is 0 Å². The number of fused-ring (bicyclic) bond motifs is 1. The molecular formula is C27H20N6O5. The Bertz CT molecular complexity index is 1660. The van der Waals surface area contributed by atoms with Gasteiger partial charge in [-0.2, -0.15) is 10.4 Å². The number of nitrogens with one attached hydrogen (secondary N) is 2. The third-order valence-corrected chi connectivity index (χ3v) is 6.14. The van der Waals surface area contributed by atoms with Crippen LogP contribution in [0.25, 0.3) is 0 Å². The Morgan fingerprint density at radius 2 is 1.76 bits per heavy atom. The Kier molecular flexibility index (Phi) is 6.28. The number of ether oxygens (including phenoxy) is 1. The minimum atomic E-state index is -0.505. The van der Waals surface area contributed by atoms with E-state index in [9.17, 15) is 24.4 Å². The van der Waals surface area contributed by atoms with Crippen LogP contribution in [-0.4, -0.2) is 46.0 Å². The molecule has 0 saturated heterocycles. The van der Waals surface area contributed by atoms with Crippen LogP contribution in [0, 0.1) is 11.3 Å². The molecule has 11 nitrogen and oxygen atoms in total. The molecular weight excluding hydrogens is 488 g/mol. The van der Waals surface area contributed by atoms with Crippen LogP contribution in [0.3, 0.4) is 0 Å². The number of nitrogens with zero attached hydrogens (tertiary/aromatic N) is 4. The van der Waals surface area contributed by atoms with Crippen molar-refractivity contribution in [3.05, 3.63) is 105 Å². The van der Waals surface area contributed by atoms with Gasteiger partial charge in [0, 0.05) is 41.2 Å². The Balaban J connectivity index is 1.35. The quantitative estimate of drug-likeness (QED) is 0.380. The molecule has 5 rings (SSSR count). The highest BCUT2D eigenvalue weighted by Gasteiger charge is 2.30. The van der Waals surface area contributed by atoms with Gasteiger partial charge >= 0.3 is 0 Å². The maximum atomic E-state index is 13.4. The predicted octanol–water partition coefficient (Wildman–Crippen LogP) is 2.60. The van der Waals surface area contributed by atoms with Gasteiger partial charge in [0.15, 0.2) is 5.78 Å². The van der Waals surface area contributed by atoms with Gasteiger partial charge in [0.1, 0.15) is 17.5 Å². The van der Waals surface area contributed by atoms with Crippen LogP contribution in [0.2, 0.25) is 0 Å². The second-order valence-electron chi connectivity index (χ2n) is 8.39. The van der Waals surface area contributed by atoms with Crippen molar-refractivity contribution in [2.24, 2.45) is 0 Å². The fourth-order valence-corrected chi connectivity index (χ4v) is 4.18. The fourth-order valence-electron chi connectivity index (χ4n) is 4.18. The van der Waals surface area contributed by atoms with E-state index in [2.05, 4.69) is 15.4 Å². The number of hydrogen-bond donors (Lipinski definition) is 2. The molecule has 2 aromatic heterocycles. The van der Waals surface area contributed by atoms with Crippen molar-refractivity contribution < 1.29 is 19.1 Å². The van der Waals surface area contributed by atoms with Crippen LogP contribution in [0.4, 0.5) is 11.4 Å². The summed E-state index contributed by atoms with van der Waals surface area (Å²) in [6.45, 7) is 0.744. The number of benzene rings is 2. The predicted molar refractivity (Wildman–Crippen MR) is 137 cm³/mol. The number of amides is 2. The smallest absolute Gasteiger partial charge is 0.278 e. The van der Waals surface area contributed by atoms with Gasteiger partial charge in [-0.05, 0) is 48.5 Å². The number of aromatic amines is 1. The van der Waals surface area contributed by atoms with E-state index >= 15 is 0 Å². The highest BCUT2D eigenvalue weighted by atomic mass is 16.5. The maximum absolute atomic E-state index is 13.4. The van der Waals surface area contributed by atoms with E-state index < -0.39 is 5.91 Å². The molecule has 2 N–H and O–H groups in total. The molecule has 0 fully saturated rings. The first kappa shape index (κ1) is 24.2. The number of carbonyl (C=O) groups excluding carboxylic acids is 3. The van der Waals surface area contributed by atoms with Gasteiger partial charge in [-0.3, -0.25) is 23.9 Å². The van der Waals surface area contributed by atoms with Crippen molar-refractivity contribution in [2.75, 3.05) is 23.9 Å². The van der Waals surface area contributed by atoms with E-state index in [0.717, 1.165) is 0 Å². The molecule has 3 heterocycles. The summed E-state index contributed by atoms with van der Waals surface area (Å²) in [7, 11) is 1.43. The Morgan fingerprint density at radius 3 is 2.45 bits per heavy atom. The lowest BCUT2D eigenvalue weighted by Crippen LogP contribution is -2.41. The van der Waals surface area contributed by atoms with Gasteiger partial charge in [0.2, 0.25) is 5.56 Å². The number of hydrogen-bond acceptors (Lipinski definition) is 7. The fraction of sp³-hybridized carbons (Fsp3) is 0.111. The molecule has 0 spiro atoms. The average molecular weight is 508 g/mol. The highest BCUT2D eigenvalue weighted by Crippen LogP contribution is 2.27. The molecule has 0 atom stereocenters. The first-order chi connectivity index (χ1) is 18.4. The summed E-state index contributed by atoms with van der Waals surface area (Å²) in [5, 5.41) is 16.2. The summed E-state index contributed by atoms with van der Waals surface area (Å²) in [6.07, 6.45) is 2.77. The number of H-pyrrole nitrogens is 1. The van der Waals surface area contributed by atoms with Gasteiger partial charge in [-0.1, -0.05) is 0 Å². The first-order valence-corrected chi connectivity index (χ1v) is 11.5. The number of anilines is 2. The molecule has 0 unspecified atom stereocenters. The molecule has 0 bridgehead atoms. The Morgan fingerprint density at radius 1 is 1.03 bits per heavy atom. The topological polar surface area (TPSA) is 150 Å². The molecule has 1 aliphatic rings. The molecule has 2 aromatic carbocycles. The van der Waals surface area contributed by atoms with Crippen molar-refractivity contribution >= 4 is 29.0 Å². The van der Waals surface area contributed by atoms with Crippen molar-refractivity contribution in [2.45, 2.75) is 6.54 Å². The second kappa shape index (κ2) is 9.87. The van der Waals surface area contributed by atoms with Gasteiger partial charge < -0.3 is 19.9 Å². The van der Waals surface area contributed by atoms with E-state index in [1.165, 1.54) is 54.5 Å². The van der Waals surface area contributed by atoms with E-state index in [1.807, 2.05) is 6.07 Å². The Labute approximate surface area is 215 Å². The number of methoxy groups -OCH3 is 1. The van der Waals surface area contributed by atoms with Crippen LogP contribution in [-0.2, 0) is 6.54 Å². The summed E-state index contributed by atoms with van der Waals surface area (Å²) in [5.74, 6) is -0.783. The number of pyridine rings is 1. The molecule has 188 valence electrons. The minimum Gasteiger partial charge on any atom is -0.495 e. The normalized spacial score (nSPS) is 12.4. The minimum absolute atomic E-state index is 0.210. The van der Waals surface area contributed by atoms with Crippen LogP contribution in [0.15, 0.2) is 71.8 Å². The molecule has 0 radical (unpaired) electrons. The third-order valence-electron chi connectivity index (χ3n) is 6.14. The standard InChI is InChI=1S/C27H20N6O5/c1-38-22-8-4-17(12-19(22)13-28)26(36)31-21-15-30-33-11-10-32(27(37)24(21)33)20-6-2-16(3-7-20)25(35)18-5-9-23(34)29-14-18/h2-9,12,14-15H,10-11H2,1H3,(H,29,34)(H,31,36). The zero-order valence-corrected chi connectivity index (χ0v) is 20.1. The highest BCUT2D eigenvalue weighted by molar-refractivity contribution is 6.13. The maximum Gasteiger partial charge on any atom is 0.278 e. The van der Waals surface area contributed by atoms with Crippen LogP contribution < -0.4 is 20.5 Å². The molecule has 0 saturated carbocycles. The molecule has 38 heavy (non-hydrogen) atoms. The lowest BCUT2D eigenvalue weighted by molar-refractivity contribution is 0.0962. The largest absolute Gasteiger partial charge is 0.495 e. The van der Waals surface area contributed by atoms with E-state index in [-0.39, 0.29) is 39.8 Å². The van der Waals surface area contributed by atoms with E-state index in [0.29, 0.717) is 35.7 Å². The van der Waals surface area contributed by atoms with Crippen LogP contribution in [0.5, 0.6) is 5.75 Å². The number of ketones is 1. The molecule has 4 aromatic rings. The number of rotatable bonds is 6. The van der Waals surface area contributed by atoms with Crippen molar-refractivity contribution in [1.29, 1.82) is 5.26 Å². The molecule has 2 amide bonds. The summed E-state index contributed by atoms with van der Waals surface area (Å²) < 4.78 is 6.64. The monoisotopic (exact) mass is 508 g/mol. The van der Waals surface area contributed by atoms with Gasteiger partial charge in [0.25, 0.3) is 11.8 Å². The summed E-state index contributed by atoms with van der Waals surface area (Å²) in [4.78, 5) is 54.3. The second-order valence-corrected chi connectivity index (χ2v) is 8.39. The van der Waals surface area contributed by atoms with Gasteiger partial charge in [-0.25, -0.2) is 0 Å². The molecule has 0 aliphatic carbocycles. The zero-order chi connectivity index (χ0) is 26.8. The lowest BCUT2D eigenvalue weighted by Gasteiger charge is -2.28. The van der Waals surface area contributed by atoms with Crippen molar-refractivity contribution in [1.82, 2.24) is 14.8 Å². The first-order valence-electron chi connectivity index (χ1n) is 11.5. The number of nitriles is 1. The number of aromatic nitrogens is 3. The van der Waals surface area contributed by atoms with E-state index in [1.54, 1.807) is 29.2 Å². The average Bonchev–Trinajstić information content (AvgIpc) is 3.36. The van der Waals surface area contributed by atoms with Crippen molar-refractivity contribution in [3.8, 4) is 11.8 Å².